The highest BCUT2D eigenvalue weighted by Crippen LogP contribution is 2.24. The van der Waals surface area contributed by atoms with Gasteiger partial charge >= 0.3 is 0 Å². The maximum atomic E-state index is 12.3. The molecule has 2 heterocycles. The van der Waals surface area contributed by atoms with Crippen LogP contribution in [-0.2, 0) is 11.2 Å². The zero-order valence-electron chi connectivity index (χ0n) is 18.4. The summed E-state index contributed by atoms with van der Waals surface area (Å²) in [5.74, 6) is 1.06. The minimum atomic E-state index is 0. The first kappa shape index (κ1) is 24.4. The summed E-state index contributed by atoms with van der Waals surface area (Å²) in [5, 5.41) is 9.93. The van der Waals surface area contributed by atoms with Crippen LogP contribution in [0, 0.1) is 12.8 Å². The molecule has 1 amide bonds. The van der Waals surface area contributed by atoms with Gasteiger partial charge in [-0.2, -0.15) is 0 Å². The van der Waals surface area contributed by atoms with Crippen molar-refractivity contribution in [1.29, 1.82) is 0 Å². The number of aliphatic imine (C=N–C) groups is 1. The lowest BCUT2D eigenvalue weighted by atomic mass is 9.85. The standard InChI is InChI=1S/C22H34N6O.HI/c1-15(2)25-21(29)17-8-5-9-18(13-17)27-22(23-4)24-11-10-19-14-28-12-6-7-16(3)20(28)26-19;/h6-7,12,14-15,17-18H,5,8-11,13H2,1-4H3,(H,25,29)(H2,23,24,27);1H. The van der Waals surface area contributed by atoms with Crippen LogP contribution in [-0.4, -0.2) is 46.9 Å². The molecule has 0 radical (unpaired) electrons. The van der Waals surface area contributed by atoms with E-state index < -0.39 is 0 Å². The molecule has 1 saturated carbocycles. The van der Waals surface area contributed by atoms with Crippen molar-refractivity contribution in [2.75, 3.05) is 13.6 Å². The highest BCUT2D eigenvalue weighted by molar-refractivity contribution is 14.0. The lowest BCUT2D eigenvalue weighted by Crippen LogP contribution is -2.47. The Balaban J connectivity index is 0.00000320. The monoisotopic (exact) mass is 526 g/mol. The molecule has 7 nitrogen and oxygen atoms in total. The van der Waals surface area contributed by atoms with Gasteiger partial charge in [-0.25, -0.2) is 4.98 Å². The number of rotatable bonds is 6. The Morgan fingerprint density at radius 3 is 2.87 bits per heavy atom. The normalized spacial score (nSPS) is 19.4. The number of carbonyl (C=O) groups is 1. The van der Waals surface area contributed by atoms with E-state index in [-0.39, 0.29) is 47.9 Å². The first-order chi connectivity index (χ1) is 14.0. The molecular weight excluding hydrogens is 491 g/mol. The number of fused-ring (bicyclic) bond motifs is 1. The Morgan fingerprint density at radius 1 is 1.37 bits per heavy atom. The number of pyridine rings is 1. The number of imidazole rings is 1. The molecule has 2 atom stereocenters. The van der Waals surface area contributed by atoms with Gasteiger partial charge in [0.1, 0.15) is 5.65 Å². The summed E-state index contributed by atoms with van der Waals surface area (Å²) in [6, 6.07) is 4.58. The number of carbonyl (C=O) groups excluding carboxylic acids is 1. The number of aryl methyl sites for hydroxylation is 1. The Kier molecular flexibility index (Phi) is 9.38. The van der Waals surface area contributed by atoms with Gasteiger partial charge in [-0.05, 0) is 51.7 Å². The Labute approximate surface area is 196 Å². The van der Waals surface area contributed by atoms with E-state index in [1.165, 1.54) is 5.56 Å². The third-order valence-electron chi connectivity index (χ3n) is 5.44. The average Bonchev–Trinajstić information content (AvgIpc) is 3.11. The van der Waals surface area contributed by atoms with Gasteiger partial charge in [0, 0.05) is 50.4 Å². The number of halogens is 1. The van der Waals surface area contributed by atoms with Crippen LogP contribution in [0.2, 0.25) is 0 Å². The minimum Gasteiger partial charge on any atom is -0.356 e. The Morgan fingerprint density at radius 2 is 2.17 bits per heavy atom. The summed E-state index contributed by atoms with van der Waals surface area (Å²) in [7, 11) is 1.79. The van der Waals surface area contributed by atoms with Crippen molar-refractivity contribution in [3.8, 4) is 0 Å². The molecule has 1 fully saturated rings. The summed E-state index contributed by atoms with van der Waals surface area (Å²) in [5.41, 5.74) is 3.25. The van der Waals surface area contributed by atoms with Crippen molar-refractivity contribution < 1.29 is 4.79 Å². The fraction of sp³-hybridized carbons (Fsp3) is 0.591. The molecule has 8 heteroatoms. The van der Waals surface area contributed by atoms with Crippen LogP contribution in [0.4, 0.5) is 0 Å². The topological polar surface area (TPSA) is 82.8 Å². The first-order valence-corrected chi connectivity index (χ1v) is 10.7. The second kappa shape index (κ2) is 11.5. The fourth-order valence-corrected chi connectivity index (χ4v) is 3.98. The Bertz CT molecular complexity index is 862. The molecule has 1 aliphatic carbocycles. The van der Waals surface area contributed by atoms with Crippen LogP contribution in [0.25, 0.3) is 5.65 Å². The fourth-order valence-electron chi connectivity index (χ4n) is 3.98. The smallest absolute Gasteiger partial charge is 0.223 e. The number of nitrogens with one attached hydrogen (secondary N) is 3. The van der Waals surface area contributed by atoms with Gasteiger partial charge in [0.25, 0.3) is 0 Å². The molecule has 166 valence electrons. The third kappa shape index (κ3) is 6.58. The summed E-state index contributed by atoms with van der Waals surface area (Å²) >= 11 is 0. The van der Waals surface area contributed by atoms with Crippen LogP contribution in [0.1, 0.15) is 50.8 Å². The van der Waals surface area contributed by atoms with Crippen molar-refractivity contribution >= 4 is 41.5 Å². The molecule has 2 aromatic rings. The summed E-state index contributed by atoms with van der Waals surface area (Å²) in [6.45, 7) is 6.85. The van der Waals surface area contributed by atoms with E-state index in [0.717, 1.165) is 55.9 Å². The summed E-state index contributed by atoms with van der Waals surface area (Å²) < 4.78 is 2.07. The molecule has 0 saturated heterocycles. The number of aromatic nitrogens is 2. The van der Waals surface area contributed by atoms with Crippen LogP contribution in [0.5, 0.6) is 0 Å². The van der Waals surface area contributed by atoms with Gasteiger partial charge in [-0.3, -0.25) is 9.79 Å². The van der Waals surface area contributed by atoms with E-state index in [0.29, 0.717) is 0 Å². The van der Waals surface area contributed by atoms with Crippen LogP contribution >= 0.6 is 24.0 Å². The summed E-state index contributed by atoms with van der Waals surface area (Å²) in [4.78, 5) is 21.4. The number of guanidine groups is 1. The van der Waals surface area contributed by atoms with Crippen LogP contribution < -0.4 is 16.0 Å². The highest BCUT2D eigenvalue weighted by atomic mass is 127. The Hall–Kier alpha value is -1.84. The molecule has 2 unspecified atom stereocenters. The quantitative estimate of drug-likeness (QED) is 0.307. The van der Waals surface area contributed by atoms with Crippen molar-refractivity contribution in [3.63, 3.8) is 0 Å². The number of hydrogen-bond acceptors (Lipinski definition) is 3. The van der Waals surface area contributed by atoms with Gasteiger partial charge in [0.15, 0.2) is 5.96 Å². The zero-order chi connectivity index (χ0) is 20.8. The molecule has 3 N–H and O–H groups in total. The highest BCUT2D eigenvalue weighted by Gasteiger charge is 2.27. The molecule has 3 rings (SSSR count). The number of hydrogen-bond donors (Lipinski definition) is 3. The molecule has 0 aromatic carbocycles. The predicted octanol–water partition coefficient (Wildman–Crippen LogP) is 3.05. The molecule has 30 heavy (non-hydrogen) atoms. The van der Waals surface area contributed by atoms with Crippen LogP contribution in [0.3, 0.4) is 0 Å². The zero-order valence-corrected chi connectivity index (χ0v) is 20.8. The lowest BCUT2D eigenvalue weighted by Gasteiger charge is -2.30. The molecule has 0 aliphatic heterocycles. The van der Waals surface area contributed by atoms with Crippen LogP contribution in [0.15, 0.2) is 29.5 Å². The van der Waals surface area contributed by atoms with E-state index in [2.05, 4.69) is 44.5 Å². The maximum Gasteiger partial charge on any atom is 0.223 e. The minimum absolute atomic E-state index is 0. The van der Waals surface area contributed by atoms with Crippen molar-refractivity contribution in [3.05, 3.63) is 35.8 Å². The van der Waals surface area contributed by atoms with E-state index in [4.69, 9.17) is 4.98 Å². The largest absolute Gasteiger partial charge is 0.356 e. The second-order valence-electron chi connectivity index (χ2n) is 8.27. The van der Waals surface area contributed by atoms with E-state index in [9.17, 15) is 4.79 Å². The maximum absolute atomic E-state index is 12.3. The van der Waals surface area contributed by atoms with Gasteiger partial charge < -0.3 is 20.4 Å². The average molecular weight is 526 g/mol. The first-order valence-electron chi connectivity index (χ1n) is 10.7. The molecule has 1 aliphatic rings. The molecule has 2 aromatic heterocycles. The predicted molar refractivity (Wildman–Crippen MR) is 133 cm³/mol. The van der Waals surface area contributed by atoms with Gasteiger partial charge in [0.05, 0.1) is 5.69 Å². The van der Waals surface area contributed by atoms with Gasteiger partial charge in [0.2, 0.25) is 5.91 Å². The van der Waals surface area contributed by atoms with Crippen molar-refractivity contribution in [1.82, 2.24) is 25.3 Å². The molecule has 0 bridgehead atoms. The van der Waals surface area contributed by atoms with Crippen molar-refractivity contribution in [2.45, 2.75) is 65.0 Å². The van der Waals surface area contributed by atoms with E-state index >= 15 is 0 Å². The van der Waals surface area contributed by atoms with E-state index in [1.807, 2.05) is 26.1 Å². The molecule has 0 spiro atoms. The lowest BCUT2D eigenvalue weighted by molar-refractivity contribution is -0.126. The second-order valence-corrected chi connectivity index (χ2v) is 8.27. The third-order valence-corrected chi connectivity index (χ3v) is 5.44. The van der Waals surface area contributed by atoms with Gasteiger partial charge in [-0.1, -0.05) is 12.5 Å². The SMILES string of the molecule is CN=C(NCCc1cn2cccc(C)c2n1)NC1CCCC(C(=O)NC(C)C)C1.I. The number of amides is 1. The molecular formula is C22H35IN6O. The van der Waals surface area contributed by atoms with Gasteiger partial charge in [-0.15, -0.1) is 24.0 Å². The number of nitrogens with zero attached hydrogens (tertiary/aromatic N) is 3. The summed E-state index contributed by atoms with van der Waals surface area (Å²) in [6.07, 6.45) is 8.89. The van der Waals surface area contributed by atoms with Crippen molar-refractivity contribution in [2.24, 2.45) is 10.9 Å². The van der Waals surface area contributed by atoms with E-state index in [1.54, 1.807) is 7.05 Å².